The molecule has 1 amide bonds. The number of aliphatic imine (C=N–C) groups is 1. The maximum absolute atomic E-state index is 12.7. The molecular weight excluding hydrogens is 527 g/mol. The molecule has 1 aliphatic heterocycles. The molecule has 0 saturated heterocycles. The summed E-state index contributed by atoms with van der Waals surface area (Å²) in [7, 11) is -4.04. The second-order valence-corrected chi connectivity index (χ2v) is 9.75. The smallest absolute Gasteiger partial charge is 0.339 e. The van der Waals surface area contributed by atoms with Crippen molar-refractivity contribution in [1.82, 2.24) is 0 Å². The Kier molecular flexibility index (Phi) is 6.54. The van der Waals surface area contributed by atoms with E-state index < -0.39 is 16.0 Å². The van der Waals surface area contributed by atoms with Crippen LogP contribution >= 0.6 is 34.4 Å². The minimum atomic E-state index is -4.04. The van der Waals surface area contributed by atoms with Gasteiger partial charge in [0, 0.05) is 0 Å². The molecule has 1 heterocycles. The van der Waals surface area contributed by atoms with Gasteiger partial charge in [0.15, 0.2) is 16.7 Å². The SMILES string of the molecule is CCOc1cc(/C=C2\SC(N)=NC2=O)cc(I)c1OS(=O)(=O)c1ccc(C)cc1. The monoisotopic (exact) mass is 544 g/mol. The Bertz CT molecular complexity index is 1130. The first-order chi connectivity index (χ1) is 13.7. The summed E-state index contributed by atoms with van der Waals surface area (Å²) in [5.41, 5.74) is 7.15. The highest BCUT2D eigenvalue weighted by atomic mass is 127. The number of thioether (sulfide) groups is 1. The fraction of sp³-hybridized carbons (Fsp3) is 0.158. The lowest BCUT2D eigenvalue weighted by Gasteiger charge is -2.15. The molecule has 29 heavy (non-hydrogen) atoms. The zero-order chi connectivity index (χ0) is 21.2. The first-order valence-electron chi connectivity index (χ1n) is 8.45. The van der Waals surface area contributed by atoms with E-state index in [4.69, 9.17) is 14.7 Å². The highest BCUT2D eigenvalue weighted by Crippen LogP contribution is 2.38. The average Bonchev–Trinajstić information content (AvgIpc) is 2.95. The maximum atomic E-state index is 12.7. The van der Waals surface area contributed by atoms with E-state index in [2.05, 4.69) is 4.99 Å². The molecule has 0 bridgehead atoms. The van der Waals surface area contributed by atoms with Gasteiger partial charge in [-0.3, -0.25) is 4.79 Å². The Hall–Kier alpha value is -2.05. The Morgan fingerprint density at radius 1 is 1.24 bits per heavy atom. The number of ether oxygens (including phenoxy) is 1. The second-order valence-electron chi connectivity index (χ2n) is 5.98. The first kappa shape index (κ1) is 21.7. The molecule has 2 aromatic carbocycles. The van der Waals surface area contributed by atoms with Crippen molar-refractivity contribution in [3.63, 3.8) is 0 Å². The lowest BCUT2D eigenvalue weighted by molar-refractivity contribution is -0.113. The summed E-state index contributed by atoms with van der Waals surface area (Å²) in [6.07, 6.45) is 1.62. The van der Waals surface area contributed by atoms with Crippen LogP contribution in [-0.2, 0) is 14.9 Å². The Morgan fingerprint density at radius 2 is 1.93 bits per heavy atom. The number of rotatable bonds is 6. The van der Waals surface area contributed by atoms with Crippen LogP contribution in [0, 0.1) is 10.5 Å². The van der Waals surface area contributed by atoms with Gasteiger partial charge in [0.05, 0.1) is 15.1 Å². The number of hydrogen-bond donors (Lipinski definition) is 1. The topological polar surface area (TPSA) is 108 Å². The molecule has 0 spiro atoms. The van der Waals surface area contributed by atoms with Gasteiger partial charge in [-0.25, -0.2) is 0 Å². The zero-order valence-electron chi connectivity index (χ0n) is 15.5. The standard InChI is InChI=1S/C19H17IN2O5S2/c1-3-26-15-9-12(10-16-18(23)22-19(21)28-16)8-14(20)17(15)27-29(24,25)13-6-4-11(2)5-7-13/h4-10H,3H2,1-2H3,(H2,21,22,23)/b16-10-. The number of aryl methyl sites for hydroxylation is 1. The third-order valence-electron chi connectivity index (χ3n) is 3.77. The molecule has 2 N–H and O–H groups in total. The van der Waals surface area contributed by atoms with Gasteiger partial charge in [-0.1, -0.05) is 17.7 Å². The van der Waals surface area contributed by atoms with Gasteiger partial charge in [-0.15, -0.1) is 0 Å². The highest BCUT2D eigenvalue weighted by molar-refractivity contribution is 14.1. The quantitative estimate of drug-likeness (QED) is 0.336. The first-order valence-corrected chi connectivity index (χ1v) is 11.8. The number of hydrogen-bond acceptors (Lipinski definition) is 7. The molecular formula is C19H17IN2O5S2. The van der Waals surface area contributed by atoms with Crippen LogP contribution in [-0.4, -0.2) is 26.1 Å². The van der Waals surface area contributed by atoms with Gasteiger partial charge in [-0.05, 0) is 84.1 Å². The molecule has 1 aliphatic rings. The maximum Gasteiger partial charge on any atom is 0.339 e. The van der Waals surface area contributed by atoms with Crippen molar-refractivity contribution in [3.8, 4) is 11.5 Å². The van der Waals surface area contributed by atoms with Crippen LogP contribution in [0.2, 0.25) is 0 Å². The molecule has 0 fully saturated rings. The molecule has 0 saturated carbocycles. The van der Waals surface area contributed by atoms with E-state index in [1.54, 1.807) is 37.3 Å². The van der Waals surface area contributed by atoms with E-state index in [1.807, 2.05) is 29.5 Å². The summed E-state index contributed by atoms with van der Waals surface area (Å²) in [6.45, 7) is 3.95. The third kappa shape index (κ3) is 5.11. The number of carbonyl (C=O) groups excluding carboxylic acids is 1. The molecule has 0 aliphatic carbocycles. The van der Waals surface area contributed by atoms with Gasteiger partial charge in [0.2, 0.25) is 0 Å². The third-order valence-corrected chi connectivity index (χ3v) is 6.62. The van der Waals surface area contributed by atoms with Crippen molar-refractivity contribution in [2.45, 2.75) is 18.7 Å². The number of amidine groups is 1. The number of nitrogens with zero attached hydrogens (tertiary/aromatic N) is 1. The van der Waals surface area contributed by atoms with Crippen LogP contribution < -0.4 is 14.7 Å². The summed E-state index contributed by atoms with van der Waals surface area (Å²) in [4.78, 5) is 15.9. The zero-order valence-corrected chi connectivity index (χ0v) is 19.3. The minimum absolute atomic E-state index is 0.0492. The fourth-order valence-electron chi connectivity index (χ4n) is 2.45. The van der Waals surface area contributed by atoms with Crippen molar-refractivity contribution in [1.29, 1.82) is 0 Å². The van der Waals surface area contributed by atoms with Crippen molar-refractivity contribution >= 4 is 61.6 Å². The molecule has 3 rings (SSSR count). The second kappa shape index (κ2) is 8.76. The summed E-state index contributed by atoms with van der Waals surface area (Å²) >= 11 is 3.04. The molecule has 152 valence electrons. The molecule has 0 atom stereocenters. The highest BCUT2D eigenvalue weighted by Gasteiger charge is 2.23. The van der Waals surface area contributed by atoms with Gasteiger partial charge < -0.3 is 14.7 Å². The molecule has 2 aromatic rings. The van der Waals surface area contributed by atoms with Crippen LogP contribution in [0.5, 0.6) is 11.5 Å². The van der Waals surface area contributed by atoms with E-state index in [1.165, 1.54) is 12.1 Å². The summed E-state index contributed by atoms with van der Waals surface area (Å²) in [5, 5.41) is 0.185. The van der Waals surface area contributed by atoms with Crippen molar-refractivity contribution in [2.75, 3.05) is 6.61 Å². The predicted molar refractivity (Wildman–Crippen MR) is 122 cm³/mol. The van der Waals surface area contributed by atoms with Crippen molar-refractivity contribution in [3.05, 3.63) is 56.0 Å². The van der Waals surface area contributed by atoms with Crippen molar-refractivity contribution < 1.29 is 22.1 Å². The normalized spacial score (nSPS) is 15.5. The van der Waals surface area contributed by atoms with E-state index in [0.717, 1.165) is 17.3 Å². The Balaban J connectivity index is 1.98. The van der Waals surface area contributed by atoms with E-state index in [0.29, 0.717) is 20.6 Å². The van der Waals surface area contributed by atoms with Crippen molar-refractivity contribution in [2.24, 2.45) is 10.7 Å². The predicted octanol–water partition coefficient (Wildman–Crippen LogP) is 3.70. The molecule has 0 unspecified atom stereocenters. The number of amides is 1. The van der Waals surface area contributed by atoms with Crippen LogP contribution in [0.1, 0.15) is 18.1 Å². The number of halogens is 1. The minimum Gasteiger partial charge on any atom is -0.490 e. The number of benzene rings is 2. The van der Waals surface area contributed by atoms with Crippen LogP contribution in [0.4, 0.5) is 0 Å². The van der Waals surface area contributed by atoms with Gasteiger partial charge in [-0.2, -0.15) is 13.4 Å². The fourth-order valence-corrected chi connectivity index (χ4v) is 4.98. The molecule has 10 heteroatoms. The number of nitrogens with two attached hydrogens (primary N) is 1. The lowest BCUT2D eigenvalue weighted by atomic mass is 10.2. The lowest BCUT2D eigenvalue weighted by Crippen LogP contribution is -2.12. The largest absolute Gasteiger partial charge is 0.490 e. The van der Waals surface area contributed by atoms with Gasteiger partial charge in [0.25, 0.3) is 5.91 Å². The molecule has 7 nitrogen and oxygen atoms in total. The summed E-state index contributed by atoms with van der Waals surface area (Å²) in [6, 6.07) is 9.68. The van der Waals surface area contributed by atoms with Gasteiger partial charge >= 0.3 is 10.1 Å². The van der Waals surface area contributed by atoms with Crippen LogP contribution in [0.25, 0.3) is 6.08 Å². The summed E-state index contributed by atoms with van der Waals surface area (Å²) in [5.74, 6) is -0.0645. The average molecular weight is 544 g/mol. The van der Waals surface area contributed by atoms with Gasteiger partial charge in [0.1, 0.15) is 4.90 Å². The molecule has 0 aromatic heterocycles. The van der Waals surface area contributed by atoms with Crippen LogP contribution in [0.3, 0.4) is 0 Å². The van der Waals surface area contributed by atoms with E-state index in [9.17, 15) is 13.2 Å². The van der Waals surface area contributed by atoms with E-state index in [-0.39, 0.29) is 21.6 Å². The Labute approximate surface area is 186 Å². The van der Waals surface area contributed by atoms with E-state index >= 15 is 0 Å². The van der Waals surface area contributed by atoms with Crippen LogP contribution in [0.15, 0.2) is 51.2 Å². The Morgan fingerprint density at radius 3 is 2.52 bits per heavy atom. The molecule has 0 radical (unpaired) electrons. The number of carbonyl (C=O) groups is 1. The summed E-state index contributed by atoms with van der Waals surface area (Å²) < 4.78 is 36.9.